The third-order valence-electron chi connectivity index (χ3n) is 2.45. The van der Waals surface area contributed by atoms with Gasteiger partial charge in [0.05, 0.1) is 21.8 Å². The van der Waals surface area contributed by atoms with E-state index in [-0.39, 0.29) is 5.75 Å². The van der Waals surface area contributed by atoms with Gasteiger partial charge in [0.1, 0.15) is 9.84 Å². The van der Waals surface area contributed by atoms with Gasteiger partial charge in [-0.05, 0) is 24.4 Å². The highest BCUT2D eigenvalue weighted by Gasteiger charge is 2.09. The maximum absolute atomic E-state index is 11.2. The molecular formula is C10H11ClN2O2S2. The van der Waals surface area contributed by atoms with Crippen LogP contribution in [0, 0.1) is 4.77 Å². The number of imidazole rings is 1. The zero-order chi connectivity index (χ0) is 12.6. The molecule has 2 rings (SSSR count). The highest BCUT2D eigenvalue weighted by Crippen LogP contribution is 2.22. The smallest absolute Gasteiger partial charge is 0.178 e. The Hall–Kier alpha value is -0.850. The molecule has 1 aromatic carbocycles. The summed E-state index contributed by atoms with van der Waals surface area (Å²) in [5.74, 6) is 0.0563. The summed E-state index contributed by atoms with van der Waals surface area (Å²) in [6.07, 6.45) is 1.21. The van der Waals surface area contributed by atoms with E-state index in [0.717, 1.165) is 11.0 Å². The van der Waals surface area contributed by atoms with Crippen LogP contribution in [0.1, 0.15) is 0 Å². The molecule has 0 saturated heterocycles. The maximum atomic E-state index is 11.2. The predicted octanol–water partition coefficient (Wildman–Crippen LogP) is 2.40. The molecular weight excluding hydrogens is 280 g/mol. The predicted molar refractivity (Wildman–Crippen MR) is 71.8 cm³/mol. The first-order valence-corrected chi connectivity index (χ1v) is 7.78. The van der Waals surface area contributed by atoms with E-state index in [2.05, 4.69) is 4.98 Å². The van der Waals surface area contributed by atoms with Gasteiger partial charge >= 0.3 is 0 Å². The standard InChI is InChI=1S/C10H11ClN2O2S2/c1-17(14,15)6-5-13-8-4-2-3-7(11)9(8)12-10(13)16/h2-4H,5-6H2,1H3,(H,12,16). The lowest BCUT2D eigenvalue weighted by Gasteiger charge is -2.03. The van der Waals surface area contributed by atoms with Crippen molar-refractivity contribution in [2.24, 2.45) is 0 Å². The molecule has 4 nitrogen and oxygen atoms in total. The summed E-state index contributed by atoms with van der Waals surface area (Å²) in [5.41, 5.74) is 1.57. The highest BCUT2D eigenvalue weighted by atomic mass is 35.5. The van der Waals surface area contributed by atoms with Crippen LogP contribution in [0.25, 0.3) is 11.0 Å². The molecule has 1 N–H and O–H groups in total. The summed E-state index contributed by atoms with van der Waals surface area (Å²) in [5, 5.41) is 0.576. The number of halogens is 1. The number of hydrogen-bond donors (Lipinski definition) is 1. The van der Waals surface area contributed by atoms with Gasteiger partial charge in [-0.1, -0.05) is 17.7 Å². The Morgan fingerprint density at radius 3 is 2.82 bits per heavy atom. The Labute approximate surface area is 109 Å². The molecule has 0 aliphatic carbocycles. The fourth-order valence-electron chi connectivity index (χ4n) is 1.62. The van der Waals surface area contributed by atoms with Crippen molar-refractivity contribution in [3.8, 4) is 0 Å². The Bertz CT molecular complexity index is 715. The SMILES string of the molecule is CS(=O)(=O)CCn1c(=S)[nH]c2c(Cl)cccc21. The number of aromatic amines is 1. The molecule has 0 atom stereocenters. The van der Waals surface area contributed by atoms with Crippen molar-refractivity contribution >= 4 is 44.7 Å². The molecule has 0 amide bonds. The Morgan fingerprint density at radius 2 is 2.18 bits per heavy atom. The van der Waals surface area contributed by atoms with Gasteiger partial charge in [0.25, 0.3) is 0 Å². The first kappa shape index (κ1) is 12.6. The zero-order valence-corrected chi connectivity index (χ0v) is 11.5. The third-order valence-corrected chi connectivity index (χ3v) is 4.01. The van der Waals surface area contributed by atoms with Crippen LogP contribution in [0.4, 0.5) is 0 Å². The van der Waals surface area contributed by atoms with E-state index in [4.69, 9.17) is 23.8 Å². The summed E-state index contributed by atoms with van der Waals surface area (Å²) >= 11 is 11.2. The number of aromatic nitrogens is 2. The van der Waals surface area contributed by atoms with Crippen molar-refractivity contribution in [1.82, 2.24) is 9.55 Å². The van der Waals surface area contributed by atoms with E-state index in [9.17, 15) is 8.42 Å². The summed E-state index contributed by atoms with van der Waals surface area (Å²) in [4.78, 5) is 2.98. The van der Waals surface area contributed by atoms with Crippen molar-refractivity contribution in [1.29, 1.82) is 0 Å². The minimum atomic E-state index is -3.01. The summed E-state index contributed by atoms with van der Waals surface area (Å²) in [6, 6.07) is 5.43. The minimum Gasteiger partial charge on any atom is -0.329 e. The van der Waals surface area contributed by atoms with Crippen LogP contribution < -0.4 is 0 Å². The van der Waals surface area contributed by atoms with Crippen molar-refractivity contribution in [2.75, 3.05) is 12.0 Å². The average Bonchev–Trinajstić information content (AvgIpc) is 2.52. The first-order chi connectivity index (χ1) is 7.88. The zero-order valence-electron chi connectivity index (χ0n) is 9.10. The van der Waals surface area contributed by atoms with E-state index in [0.29, 0.717) is 16.3 Å². The van der Waals surface area contributed by atoms with Crippen molar-refractivity contribution in [3.63, 3.8) is 0 Å². The van der Waals surface area contributed by atoms with Crippen molar-refractivity contribution in [3.05, 3.63) is 28.0 Å². The number of benzene rings is 1. The summed E-state index contributed by atoms with van der Waals surface area (Å²) in [6.45, 7) is 0.331. The fraction of sp³-hybridized carbons (Fsp3) is 0.300. The van der Waals surface area contributed by atoms with Crippen LogP contribution >= 0.6 is 23.8 Å². The Balaban J connectivity index is 2.51. The normalized spacial score (nSPS) is 12.1. The number of aryl methyl sites for hydroxylation is 1. The van der Waals surface area contributed by atoms with Gasteiger partial charge in [-0.25, -0.2) is 8.42 Å². The second-order valence-electron chi connectivity index (χ2n) is 3.85. The van der Waals surface area contributed by atoms with Crippen LogP contribution in [0.2, 0.25) is 5.02 Å². The molecule has 7 heteroatoms. The van der Waals surface area contributed by atoms with Crippen LogP contribution in [0.5, 0.6) is 0 Å². The van der Waals surface area contributed by atoms with Gasteiger partial charge in [-0.15, -0.1) is 0 Å². The van der Waals surface area contributed by atoms with Gasteiger partial charge in [-0.2, -0.15) is 0 Å². The highest BCUT2D eigenvalue weighted by molar-refractivity contribution is 7.90. The number of hydrogen-bond acceptors (Lipinski definition) is 3. The van der Waals surface area contributed by atoms with E-state index < -0.39 is 9.84 Å². The van der Waals surface area contributed by atoms with Gasteiger partial charge < -0.3 is 9.55 Å². The second kappa shape index (κ2) is 4.44. The monoisotopic (exact) mass is 290 g/mol. The van der Waals surface area contributed by atoms with Gasteiger partial charge in [0, 0.05) is 12.8 Å². The molecule has 2 aromatic rings. The number of nitrogens with one attached hydrogen (secondary N) is 1. The first-order valence-electron chi connectivity index (χ1n) is 4.93. The molecule has 0 fully saturated rings. The molecule has 1 aromatic heterocycles. The van der Waals surface area contributed by atoms with Gasteiger partial charge in [0.15, 0.2) is 4.77 Å². The lowest BCUT2D eigenvalue weighted by Crippen LogP contribution is -2.11. The molecule has 0 spiro atoms. The lowest BCUT2D eigenvalue weighted by atomic mass is 10.3. The molecule has 0 saturated carbocycles. The van der Waals surface area contributed by atoms with Crippen LogP contribution in [0.3, 0.4) is 0 Å². The number of fused-ring (bicyclic) bond motifs is 1. The molecule has 0 aliphatic heterocycles. The van der Waals surface area contributed by atoms with E-state index in [1.807, 2.05) is 12.1 Å². The van der Waals surface area contributed by atoms with Gasteiger partial charge in [0.2, 0.25) is 0 Å². The molecule has 0 bridgehead atoms. The molecule has 0 aliphatic rings. The summed E-state index contributed by atoms with van der Waals surface area (Å²) in [7, 11) is -3.01. The molecule has 1 heterocycles. The van der Waals surface area contributed by atoms with E-state index >= 15 is 0 Å². The number of sulfone groups is 1. The molecule has 0 radical (unpaired) electrons. The second-order valence-corrected chi connectivity index (χ2v) is 6.90. The molecule has 92 valence electrons. The maximum Gasteiger partial charge on any atom is 0.178 e. The largest absolute Gasteiger partial charge is 0.329 e. The summed E-state index contributed by atoms with van der Waals surface area (Å²) < 4.78 is 24.5. The van der Waals surface area contributed by atoms with Crippen molar-refractivity contribution < 1.29 is 8.42 Å². The van der Waals surface area contributed by atoms with E-state index in [1.165, 1.54) is 6.26 Å². The van der Waals surface area contributed by atoms with Crippen LogP contribution in [-0.4, -0.2) is 30.0 Å². The van der Waals surface area contributed by atoms with Crippen molar-refractivity contribution in [2.45, 2.75) is 6.54 Å². The average molecular weight is 291 g/mol. The van der Waals surface area contributed by atoms with Gasteiger partial charge in [-0.3, -0.25) is 0 Å². The molecule has 17 heavy (non-hydrogen) atoms. The topological polar surface area (TPSA) is 54.9 Å². The Morgan fingerprint density at radius 1 is 1.47 bits per heavy atom. The van der Waals surface area contributed by atoms with Crippen LogP contribution in [0.15, 0.2) is 18.2 Å². The van der Waals surface area contributed by atoms with Crippen LogP contribution in [-0.2, 0) is 16.4 Å². The minimum absolute atomic E-state index is 0.0563. The Kier molecular flexibility index (Phi) is 3.29. The van der Waals surface area contributed by atoms with E-state index in [1.54, 1.807) is 10.6 Å². The lowest BCUT2D eigenvalue weighted by molar-refractivity contribution is 0.595. The number of H-pyrrole nitrogens is 1. The number of para-hydroxylation sites is 1. The number of rotatable bonds is 3. The molecule has 0 unspecified atom stereocenters. The third kappa shape index (κ3) is 2.70. The number of nitrogens with zero attached hydrogens (tertiary/aromatic N) is 1. The quantitative estimate of drug-likeness (QED) is 0.883. The fourth-order valence-corrected chi connectivity index (χ4v) is 2.65.